The summed E-state index contributed by atoms with van der Waals surface area (Å²) in [6.07, 6.45) is 10.1. The summed E-state index contributed by atoms with van der Waals surface area (Å²) in [6, 6.07) is 0. The Morgan fingerprint density at radius 1 is 0.579 bits per heavy atom. The van der Waals surface area contributed by atoms with Crippen LogP contribution in [0.5, 0.6) is 0 Å². The van der Waals surface area contributed by atoms with Gasteiger partial charge in [-0.3, -0.25) is 0 Å². The zero-order valence-corrected chi connectivity index (χ0v) is 13.5. The predicted molar refractivity (Wildman–Crippen MR) is 84.3 cm³/mol. The molecule has 0 amide bonds. The van der Waals surface area contributed by atoms with E-state index in [1.54, 1.807) is 7.11 Å². The fourth-order valence-electron chi connectivity index (χ4n) is 1.81. The van der Waals surface area contributed by atoms with Crippen molar-refractivity contribution in [2.75, 3.05) is 45.9 Å². The molecule has 0 aromatic rings. The first-order valence-electron chi connectivity index (χ1n) is 7.67. The van der Waals surface area contributed by atoms with Crippen molar-refractivity contribution < 1.29 is 14.2 Å². The van der Waals surface area contributed by atoms with E-state index >= 15 is 0 Å². The Labute approximate surface area is 124 Å². The van der Waals surface area contributed by atoms with Gasteiger partial charge in [-0.05, 0) is 25.0 Å². The zero-order valence-electron chi connectivity index (χ0n) is 12.6. The highest BCUT2D eigenvalue weighted by Crippen LogP contribution is 2.07. The lowest BCUT2D eigenvalue weighted by molar-refractivity contribution is 0.0508. The minimum atomic E-state index is 0.675. The summed E-state index contributed by atoms with van der Waals surface area (Å²) in [5, 5.41) is 0. The van der Waals surface area contributed by atoms with Gasteiger partial charge in [0.15, 0.2) is 0 Å². The smallest absolute Gasteiger partial charge is 0.0700 e. The molecule has 19 heavy (non-hydrogen) atoms. The van der Waals surface area contributed by atoms with Crippen molar-refractivity contribution in [1.82, 2.24) is 0 Å². The van der Waals surface area contributed by atoms with Crippen molar-refractivity contribution in [2.45, 2.75) is 51.4 Å². The third kappa shape index (κ3) is 18.2. The van der Waals surface area contributed by atoms with Gasteiger partial charge in [0, 0.05) is 26.9 Å². The summed E-state index contributed by atoms with van der Waals surface area (Å²) in [5.74, 6) is 1.03. The van der Waals surface area contributed by atoms with Crippen LogP contribution in [0.1, 0.15) is 51.4 Å². The third-order valence-electron chi connectivity index (χ3n) is 2.96. The van der Waals surface area contributed by atoms with Gasteiger partial charge in [-0.2, -0.15) is 12.6 Å². The van der Waals surface area contributed by atoms with Crippen LogP contribution in [0.2, 0.25) is 0 Å². The molecule has 0 N–H and O–H groups in total. The van der Waals surface area contributed by atoms with Crippen molar-refractivity contribution in [1.29, 1.82) is 0 Å². The number of ether oxygens (including phenoxy) is 3. The van der Waals surface area contributed by atoms with Crippen LogP contribution in [-0.4, -0.2) is 45.9 Å². The Kier molecular flexibility index (Phi) is 18.5. The summed E-state index contributed by atoms with van der Waals surface area (Å²) in [5.41, 5.74) is 0. The lowest BCUT2D eigenvalue weighted by atomic mass is 10.1. The van der Waals surface area contributed by atoms with Gasteiger partial charge in [0.25, 0.3) is 0 Å². The Hall–Kier alpha value is 0.230. The Morgan fingerprint density at radius 3 is 1.74 bits per heavy atom. The summed E-state index contributed by atoms with van der Waals surface area (Å²) in [4.78, 5) is 0. The molecule has 0 saturated carbocycles. The van der Waals surface area contributed by atoms with E-state index < -0.39 is 0 Å². The molecule has 0 aliphatic heterocycles. The highest BCUT2D eigenvalue weighted by atomic mass is 32.1. The van der Waals surface area contributed by atoms with Crippen LogP contribution >= 0.6 is 12.6 Å². The predicted octanol–water partition coefficient (Wildman–Crippen LogP) is 3.72. The molecule has 0 fully saturated rings. The second-order valence-electron chi connectivity index (χ2n) is 4.77. The van der Waals surface area contributed by atoms with Crippen molar-refractivity contribution in [2.24, 2.45) is 0 Å². The largest absolute Gasteiger partial charge is 0.382 e. The first kappa shape index (κ1) is 19.2. The molecule has 0 heterocycles. The first-order valence-corrected chi connectivity index (χ1v) is 8.30. The molecular formula is C15H32O3S. The number of unbranched alkanes of at least 4 members (excludes halogenated alkanes) is 6. The first-order chi connectivity index (χ1) is 9.41. The average molecular weight is 292 g/mol. The molecule has 0 rings (SSSR count). The van der Waals surface area contributed by atoms with Crippen molar-refractivity contribution >= 4 is 12.6 Å². The minimum absolute atomic E-state index is 0.675. The van der Waals surface area contributed by atoms with Crippen molar-refractivity contribution in [3.8, 4) is 0 Å². The van der Waals surface area contributed by atoms with Crippen LogP contribution < -0.4 is 0 Å². The SMILES string of the molecule is COCCOCCCOCCCCCCCCCS. The molecule has 0 unspecified atom stereocenters. The fraction of sp³-hybridized carbons (Fsp3) is 1.00. The van der Waals surface area contributed by atoms with Crippen LogP contribution in [-0.2, 0) is 14.2 Å². The molecule has 3 nitrogen and oxygen atoms in total. The van der Waals surface area contributed by atoms with E-state index in [1.807, 2.05) is 0 Å². The monoisotopic (exact) mass is 292 g/mol. The number of rotatable bonds is 16. The summed E-state index contributed by atoms with van der Waals surface area (Å²) >= 11 is 4.21. The number of hydrogen-bond acceptors (Lipinski definition) is 4. The maximum atomic E-state index is 5.56. The molecule has 0 atom stereocenters. The maximum absolute atomic E-state index is 5.56. The van der Waals surface area contributed by atoms with E-state index in [2.05, 4.69) is 12.6 Å². The molecule has 116 valence electrons. The molecule has 4 heteroatoms. The average Bonchev–Trinajstić information content (AvgIpc) is 2.43. The Bertz CT molecular complexity index is 140. The molecule has 0 aromatic heterocycles. The van der Waals surface area contributed by atoms with Crippen LogP contribution in [0.4, 0.5) is 0 Å². The lowest BCUT2D eigenvalue weighted by Crippen LogP contribution is -2.06. The van der Waals surface area contributed by atoms with Crippen LogP contribution in [0.25, 0.3) is 0 Å². The number of methoxy groups -OCH3 is 1. The fourth-order valence-corrected chi connectivity index (χ4v) is 2.03. The van der Waals surface area contributed by atoms with Gasteiger partial charge in [0.2, 0.25) is 0 Å². The molecular weight excluding hydrogens is 260 g/mol. The quantitative estimate of drug-likeness (QED) is 0.347. The van der Waals surface area contributed by atoms with Crippen molar-refractivity contribution in [3.05, 3.63) is 0 Å². The van der Waals surface area contributed by atoms with Gasteiger partial charge in [0.05, 0.1) is 13.2 Å². The highest BCUT2D eigenvalue weighted by Gasteiger charge is 1.93. The molecule has 0 aliphatic rings. The van der Waals surface area contributed by atoms with Crippen molar-refractivity contribution in [3.63, 3.8) is 0 Å². The molecule has 0 radical (unpaired) electrons. The molecule has 0 saturated heterocycles. The van der Waals surface area contributed by atoms with E-state index in [4.69, 9.17) is 14.2 Å². The van der Waals surface area contributed by atoms with E-state index in [-0.39, 0.29) is 0 Å². The van der Waals surface area contributed by atoms with Gasteiger partial charge >= 0.3 is 0 Å². The van der Waals surface area contributed by atoms with E-state index in [1.165, 1.54) is 44.9 Å². The molecule has 0 aromatic carbocycles. The van der Waals surface area contributed by atoms with Gasteiger partial charge in [-0.1, -0.05) is 32.1 Å². The van der Waals surface area contributed by atoms with Crippen LogP contribution in [0.15, 0.2) is 0 Å². The van der Waals surface area contributed by atoms with Gasteiger partial charge in [0.1, 0.15) is 0 Å². The van der Waals surface area contributed by atoms with Crippen LogP contribution in [0, 0.1) is 0 Å². The second kappa shape index (κ2) is 18.2. The summed E-state index contributed by atoms with van der Waals surface area (Å²) in [6.45, 7) is 3.84. The van der Waals surface area contributed by atoms with Gasteiger partial charge in [-0.15, -0.1) is 0 Å². The molecule has 0 aliphatic carbocycles. The van der Waals surface area contributed by atoms with Gasteiger partial charge < -0.3 is 14.2 Å². The van der Waals surface area contributed by atoms with E-state index in [0.29, 0.717) is 13.2 Å². The summed E-state index contributed by atoms with van der Waals surface area (Å²) < 4.78 is 15.8. The topological polar surface area (TPSA) is 27.7 Å². The van der Waals surface area contributed by atoms with Crippen LogP contribution in [0.3, 0.4) is 0 Å². The normalized spacial score (nSPS) is 11.1. The Balaban J connectivity index is 2.88. The number of thiol groups is 1. The highest BCUT2D eigenvalue weighted by molar-refractivity contribution is 7.80. The molecule has 0 bridgehead atoms. The van der Waals surface area contributed by atoms with Gasteiger partial charge in [-0.25, -0.2) is 0 Å². The van der Waals surface area contributed by atoms with E-state index in [9.17, 15) is 0 Å². The standard InChI is InChI=1S/C15H32O3S/c1-16-13-14-18-12-9-11-17-10-7-5-3-2-4-6-8-15-19/h19H,2-15H2,1H3. The lowest BCUT2D eigenvalue weighted by Gasteiger charge is -2.05. The second-order valence-corrected chi connectivity index (χ2v) is 5.22. The minimum Gasteiger partial charge on any atom is -0.382 e. The third-order valence-corrected chi connectivity index (χ3v) is 3.27. The zero-order chi connectivity index (χ0) is 14.0. The maximum Gasteiger partial charge on any atom is 0.0700 e. The number of hydrogen-bond donors (Lipinski definition) is 1. The summed E-state index contributed by atoms with van der Waals surface area (Å²) in [7, 11) is 1.69. The Morgan fingerprint density at radius 2 is 1.11 bits per heavy atom. The molecule has 0 spiro atoms. The van der Waals surface area contributed by atoms with E-state index in [0.717, 1.165) is 32.0 Å².